The maximum Gasteiger partial charge on any atom is 0.423 e. The summed E-state index contributed by atoms with van der Waals surface area (Å²) in [5.74, 6) is 1.11. The van der Waals surface area contributed by atoms with E-state index in [0.29, 0.717) is 46.9 Å². The molecule has 0 unspecified atom stereocenters. The van der Waals surface area contributed by atoms with E-state index in [2.05, 4.69) is 82.6 Å². The first kappa shape index (κ1) is 37.6. The van der Waals surface area contributed by atoms with Crippen LogP contribution in [-0.2, 0) is 46.4 Å². The molecule has 4 bridgehead atoms. The van der Waals surface area contributed by atoms with E-state index in [0.717, 1.165) is 75.8 Å². The first-order valence-electron chi connectivity index (χ1n) is 21.8. The molecule has 4 fully saturated rings. The number of carbonyl (C=O) groups is 2. The van der Waals surface area contributed by atoms with Crippen molar-refractivity contribution in [1.29, 1.82) is 0 Å². The Balaban J connectivity index is 0.956. The first-order chi connectivity index (χ1) is 28.4. The van der Waals surface area contributed by atoms with Crippen molar-refractivity contribution in [3.63, 3.8) is 0 Å². The van der Waals surface area contributed by atoms with Crippen LogP contribution < -0.4 is 18.9 Å². The van der Waals surface area contributed by atoms with Gasteiger partial charge >= 0.3 is 11.9 Å². The summed E-state index contributed by atoms with van der Waals surface area (Å²) in [6, 6.07) is 30.0. The first-order valence-corrected chi connectivity index (χ1v) is 21.8. The molecule has 0 N–H and O–H groups in total. The van der Waals surface area contributed by atoms with Gasteiger partial charge in [0.2, 0.25) is 0 Å². The van der Waals surface area contributed by atoms with Crippen LogP contribution >= 0.6 is 0 Å². The average Bonchev–Trinajstić information content (AvgIpc) is 3.26. The maximum absolute atomic E-state index is 14.0. The summed E-state index contributed by atoms with van der Waals surface area (Å²) in [5, 5.41) is 0. The van der Waals surface area contributed by atoms with E-state index in [1.165, 1.54) is 60.8 Å². The molecule has 2 saturated carbocycles. The monoisotopic (exact) mass is 780 g/mol. The zero-order valence-corrected chi connectivity index (χ0v) is 34.0. The number of hydrogen-bond donors (Lipinski definition) is 0. The SMILES string of the molecule is COc1cc(OC(=O)C(=O)Oc2cc(OC)cc3c2C[C@H]2[C@H]4CCCC[C@@]34CCN2Cc2ccccc2)c2c(c1)[C@]13CCCC[C@@H]1[C@H](C2)N(Cc1ccccc1)CC3. The topological polar surface area (TPSA) is 77.5 Å². The molecule has 8 nitrogen and oxygen atoms in total. The minimum atomic E-state index is -1.02. The Bertz CT molecular complexity index is 2040. The molecular weight excluding hydrogens is 725 g/mol. The van der Waals surface area contributed by atoms with Crippen LogP contribution in [0.3, 0.4) is 0 Å². The molecule has 2 aliphatic heterocycles. The van der Waals surface area contributed by atoms with Gasteiger partial charge in [-0.2, -0.15) is 0 Å². The van der Waals surface area contributed by atoms with Crippen molar-refractivity contribution in [1.82, 2.24) is 9.80 Å². The summed E-state index contributed by atoms with van der Waals surface area (Å²) in [5.41, 5.74) is 7.12. The number of fused-ring (bicyclic) bond motifs is 2. The Labute approximate surface area is 342 Å². The van der Waals surface area contributed by atoms with Gasteiger partial charge in [-0.15, -0.1) is 0 Å². The van der Waals surface area contributed by atoms with Gasteiger partial charge in [-0.3, -0.25) is 9.80 Å². The summed E-state index contributed by atoms with van der Waals surface area (Å²) in [7, 11) is 3.31. The van der Waals surface area contributed by atoms with Crippen LogP contribution in [0.2, 0.25) is 0 Å². The summed E-state index contributed by atoms with van der Waals surface area (Å²) in [6.45, 7) is 3.82. The average molecular weight is 781 g/mol. The largest absolute Gasteiger partial charge is 0.497 e. The van der Waals surface area contributed by atoms with E-state index in [9.17, 15) is 9.59 Å². The van der Waals surface area contributed by atoms with Crippen LogP contribution in [0.4, 0.5) is 0 Å². The number of esters is 2. The van der Waals surface area contributed by atoms with Crippen LogP contribution in [0.5, 0.6) is 23.0 Å². The molecule has 0 radical (unpaired) electrons. The fraction of sp³-hybridized carbons (Fsp3) is 0.480. The lowest BCUT2D eigenvalue weighted by molar-refractivity contribution is -0.156. The normalized spacial score (nSPS) is 28.5. The van der Waals surface area contributed by atoms with Crippen molar-refractivity contribution in [2.75, 3.05) is 27.3 Å². The van der Waals surface area contributed by atoms with Gasteiger partial charge in [-0.25, -0.2) is 9.59 Å². The number of likely N-dealkylation sites (tertiary alicyclic amines) is 2. The minimum Gasteiger partial charge on any atom is -0.497 e. The fourth-order valence-electron chi connectivity index (χ4n) is 13.0. The van der Waals surface area contributed by atoms with E-state index < -0.39 is 11.9 Å². The Kier molecular flexibility index (Phi) is 9.84. The molecule has 0 spiro atoms. The van der Waals surface area contributed by atoms with Crippen molar-refractivity contribution < 1.29 is 28.5 Å². The molecule has 0 amide bonds. The van der Waals surface area contributed by atoms with Crippen molar-refractivity contribution in [3.05, 3.63) is 118 Å². The smallest absolute Gasteiger partial charge is 0.423 e. The van der Waals surface area contributed by atoms with Gasteiger partial charge in [0.15, 0.2) is 0 Å². The zero-order chi connectivity index (χ0) is 39.4. The molecule has 6 aliphatic rings. The third-order valence-corrected chi connectivity index (χ3v) is 15.5. The number of carbonyl (C=O) groups excluding carboxylic acids is 2. The van der Waals surface area contributed by atoms with Crippen molar-refractivity contribution >= 4 is 11.9 Å². The number of nitrogens with zero attached hydrogens (tertiary/aromatic N) is 2. The number of benzene rings is 4. The quantitative estimate of drug-likeness (QED) is 0.0999. The number of ether oxygens (including phenoxy) is 4. The van der Waals surface area contributed by atoms with Gasteiger partial charge in [-0.1, -0.05) is 86.3 Å². The molecule has 4 aliphatic carbocycles. The molecule has 0 aromatic heterocycles. The lowest BCUT2D eigenvalue weighted by atomic mass is 9.52. The predicted octanol–water partition coefficient (Wildman–Crippen LogP) is 8.73. The van der Waals surface area contributed by atoms with Gasteiger partial charge in [-0.05, 0) is 111 Å². The molecule has 8 heteroatoms. The highest BCUT2D eigenvalue weighted by Gasteiger charge is 2.56. The maximum atomic E-state index is 14.0. The van der Waals surface area contributed by atoms with Crippen LogP contribution in [0, 0.1) is 11.8 Å². The molecule has 10 rings (SSSR count). The summed E-state index contributed by atoms with van der Waals surface area (Å²) in [4.78, 5) is 33.4. The van der Waals surface area contributed by atoms with Gasteiger partial charge in [0.25, 0.3) is 0 Å². The van der Waals surface area contributed by atoms with Crippen molar-refractivity contribution in [2.45, 2.75) is 113 Å². The van der Waals surface area contributed by atoms with Crippen LogP contribution in [0.1, 0.15) is 97.6 Å². The number of piperidine rings is 2. The van der Waals surface area contributed by atoms with Gasteiger partial charge in [0.05, 0.1) is 14.2 Å². The Morgan fingerprint density at radius 1 is 0.586 bits per heavy atom. The molecule has 6 atom stereocenters. The highest BCUT2D eigenvalue weighted by Crippen LogP contribution is 2.59. The lowest BCUT2D eigenvalue weighted by Crippen LogP contribution is -2.60. The van der Waals surface area contributed by atoms with E-state index in [4.69, 9.17) is 18.9 Å². The Hall–Kier alpha value is -4.66. The standard InChI is InChI=1S/C50H56N2O6/c1-55-35-25-41-37(29-43-39-17-9-11-19-49(39,41)21-23-51(43)31-33-13-5-3-6-14-33)45(27-35)57-47(53)48(54)58-46-28-36(56-2)26-42-38(46)30-44-40-18-10-12-20-50(40,42)22-24-52(44)32-34-15-7-4-8-16-34/h3-8,13-16,25-28,39-40,43-44H,9-12,17-24,29-32H2,1-2H3/t39-,40-,43+,44+,49+,50+/m1/s1. The number of hydrogen-bond acceptors (Lipinski definition) is 8. The van der Waals surface area contributed by atoms with Gasteiger partial charge in [0, 0.05) is 59.3 Å². The molecule has 2 saturated heterocycles. The number of methoxy groups -OCH3 is 2. The third kappa shape index (κ3) is 6.33. The Morgan fingerprint density at radius 3 is 1.43 bits per heavy atom. The lowest BCUT2D eigenvalue weighted by Gasteiger charge is -2.59. The van der Waals surface area contributed by atoms with E-state index in [1.807, 2.05) is 0 Å². The highest BCUT2D eigenvalue weighted by atomic mass is 16.6. The highest BCUT2D eigenvalue weighted by molar-refractivity contribution is 6.31. The second kappa shape index (κ2) is 15.2. The summed E-state index contributed by atoms with van der Waals surface area (Å²) >= 11 is 0. The summed E-state index contributed by atoms with van der Waals surface area (Å²) in [6.07, 6.45) is 13.0. The van der Waals surface area contributed by atoms with E-state index in [1.54, 1.807) is 26.4 Å². The molecule has 2 heterocycles. The second-order valence-corrected chi connectivity index (χ2v) is 18.1. The van der Waals surface area contributed by atoms with Crippen LogP contribution in [-0.4, -0.2) is 61.1 Å². The van der Waals surface area contributed by atoms with Crippen LogP contribution in [0.15, 0.2) is 84.9 Å². The second-order valence-electron chi connectivity index (χ2n) is 18.1. The molecule has 4 aromatic rings. The minimum absolute atomic E-state index is 0.0115. The fourth-order valence-corrected chi connectivity index (χ4v) is 13.0. The summed E-state index contributed by atoms with van der Waals surface area (Å²) < 4.78 is 24.1. The number of rotatable bonds is 8. The molecule has 302 valence electrons. The Morgan fingerprint density at radius 2 is 1.02 bits per heavy atom. The van der Waals surface area contributed by atoms with E-state index in [-0.39, 0.29) is 10.8 Å². The third-order valence-electron chi connectivity index (χ3n) is 15.5. The molecule has 4 aromatic carbocycles. The molecule has 58 heavy (non-hydrogen) atoms. The van der Waals surface area contributed by atoms with Crippen molar-refractivity contribution in [3.8, 4) is 23.0 Å². The predicted molar refractivity (Wildman–Crippen MR) is 222 cm³/mol. The van der Waals surface area contributed by atoms with E-state index >= 15 is 0 Å². The van der Waals surface area contributed by atoms with Gasteiger partial charge in [0.1, 0.15) is 23.0 Å². The van der Waals surface area contributed by atoms with Crippen LogP contribution in [0.25, 0.3) is 0 Å². The van der Waals surface area contributed by atoms with Crippen molar-refractivity contribution in [2.24, 2.45) is 11.8 Å². The molecular formula is C50H56N2O6. The zero-order valence-electron chi connectivity index (χ0n) is 34.0. The van der Waals surface area contributed by atoms with Gasteiger partial charge < -0.3 is 18.9 Å².